The smallest absolute Gasteiger partial charge is 0.419 e. The average Bonchev–Trinajstić information content (AvgIpc) is 3.49. The molecule has 0 saturated carbocycles. The number of carbonyl (C=O) groups excluding carboxylic acids is 1. The molecule has 2 aromatic rings. The normalized spacial score (nSPS) is 19.1. The van der Waals surface area contributed by atoms with E-state index in [1.807, 2.05) is 59.7 Å². The van der Waals surface area contributed by atoms with Crippen molar-refractivity contribution in [2.75, 3.05) is 19.8 Å². The lowest BCUT2D eigenvalue weighted by Crippen LogP contribution is -2.38. The summed E-state index contributed by atoms with van der Waals surface area (Å²) in [6, 6.07) is 9.94. The lowest BCUT2D eigenvalue weighted by molar-refractivity contribution is -0.139. The Balaban J connectivity index is 1.42. The summed E-state index contributed by atoms with van der Waals surface area (Å²) >= 11 is 0. The van der Waals surface area contributed by atoms with E-state index in [0.29, 0.717) is 43.6 Å². The lowest BCUT2D eigenvalue weighted by Gasteiger charge is -2.41. The third kappa shape index (κ3) is 7.59. The second-order valence-corrected chi connectivity index (χ2v) is 18.0. The number of aryl methyl sites for hydroxylation is 3. The van der Waals surface area contributed by atoms with Gasteiger partial charge in [-0.2, -0.15) is 13.2 Å². The number of Topliss-reactive ketones (excluding diaryl/α,β-unsaturated/α-hetero) is 1. The van der Waals surface area contributed by atoms with Crippen molar-refractivity contribution in [2.24, 2.45) is 4.99 Å². The summed E-state index contributed by atoms with van der Waals surface area (Å²) in [7, 11) is -3.18. The number of hydrogen-bond donors (Lipinski definition) is 0. The van der Waals surface area contributed by atoms with Crippen LogP contribution in [0.25, 0.3) is 0 Å². The molecular weight excluding hydrogens is 590 g/mol. The number of benzene rings is 2. The molecule has 2 aliphatic rings. The molecule has 0 bridgehead atoms. The molecule has 1 atom stereocenters. The highest BCUT2D eigenvalue weighted by molar-refractivity contribution is 7.62. The topological polar surface area (TPSA) is 74.2 Å². The van der Waals surface area contributed by atoms with Gasteiger partial charge in [-0.1, -0.05) is 65.8 Å². The largest absolute Gasteiger partial charge is 0.493 e. The first-order valence-electron chi connectivity index (χ1n) is 15.3. The van der Waals surface area contributed by atoms with Crippen molar-refractivity contribution in [2.45, 2.75) is 109 Å². The second-order valence-electron chi connectivity index (χ2n) is 14.0. The number of rotatable bonds is 11. The molecule has 10 heteroatoms. The number of hydrogen-bond acceptors (Lipinski definition) is 6. The molecule has 0 saturated heterocycles. The van der Waals surface area contributed by atoms with Gasteiger partial charge in [-0.15, -0.1) is 0 Å². The lowest BCUT2D eigenvalue weighted by atomic mass is 9.93. The summed E-state index contributed by atoms with van der Waals surface area (Å²) in [6.45, 7) is 13.5. The third-order valence-electron chi connectivity index (χ3n) is 8.41. The molecule has 4 rings (SSSR count). The molecule has 242 valence electrons. The van der Waals surface area contributed by atoms with Crippen LogP contribution in [0.3, 0.4) is 0 Å². The first-order chi connectivity index (χ1) is 20.3. The van der Waals surface area contributed by atoms with E-state index in [1.165, 1.54) is 6.07 Å². The predicted octanol–water partition coefficient (Wildman–Crippen LogP) is 8.86. The van der Waals surface area contributed by atoms with Crippen LogP contribution in [0.1, 0.15) is 100 Å². The molecule has 0 aromatic heterocycles. The number of nitrogens with zero attached hydrogens (tertiary/aromatic N) is 1. The predicted molar refractivity (Wildman–Crippen MR) is 168 cm³/mol. The van der Waals surface area contributed by atoms with E-state index in [0.717, 1.165) is 29.2 Å². The molecule has 2 aromatic carbocycles. The summed E-state index contributed by atoms with van der Waals surface area (Å²) in [4.78, 5) is 16.5. The molecule has 6 nitrogen and oxygen atoms in total. The van der Waals surface area contributed by atoms with Gasteiger partial charge in [0.05, 0.1) is 18.8 Å². The van der Waals surface area contributed by atoms with Gasteiger partial charge >= 0.3 is 6.18 Å². The minimum atomic E-state index is -4.59. The first-order valence-corrected chi connectivity index (χ1v) is 16.9. The zero-order chi connectivity index (χ0) is 32.6. The van der Waals surface area contributed by atoms with Gasteiger partial charge in [0.25, 0.3) is 0 Å². The minimum Gasteiger partial charge on any atom is -0.493 e. The molecular formula is C34H45F3NO5P. The Morgan fingerprint density at radius 1 is 0.955 bits per heavy atom. The molecule has 0 radical (unpaired) electrons. The monoisotopic (exact) mass is 635 g/mol. The Morgan fingerprint density at radius 2 is 1.61 bits per heavy atom. The number of carbonyl (C=O) groups is 1. The molecule has 44 heavy (non-hydrogen) atoms. The van der Waals surface area contributed by atoms with Gasteiger partial charge < -0.3 is 14.0 Å². The van der Waals surface area contributed by atoms with Gasteiger partial charge in [0.1, 0.15) is 17.9 Å². The van der Waals surface area contributed by atoms with Gasteiger partial charge in [0.2, 0.25) is 7.37 Å². The number of ether oxygens (including phenoxy) is 2. The maximum atomic E-state index is 14.1. The molecule has 1 unspecified atom stereocenters. The van der Waals surface area contributed by atoms with E-state index in [-0.39, 0.29) is 31.4 Å². The van der Waals surface area contributed by atoms with Crippen LogP contribution in [-0.4, -0.2) is 47.4 Å². The van der Waals surface area contributed by atoms with Crippen molar-refractivity contribution in [1.29, 1.82) is 0 Å². The highest BCUT2D eigenvalue weighted by atomic mass is 31.2. The zero-order valence-electron chi connectivity index (χ0n) is 26.9. The van der Waals surface area contributed by atoms with Gasteiger partial charge in [0.15, 0.2) is 11.7 Å². The Hall–Kier alpha value is -2.64. The summed E-state index contributed by atoms with van der Waals surface area (Å²) in [5.41, 5.74) is 1.68. The zero-order valence-corrected chi connectivity index (χ0v) is 27.8. The number of aliphatic imine (C=N–C) groups is 1. The summed E-state index contributed by atoms with van der Waals surface area (Å²) in [5.74, 6) is 0.434. The molecule has 1 heterocycles. The van der Waals surface area contributed by atoms with Crippen molar-refractivity contribution in [3.63, 3.8) is 0 Å². The highest BCUT2D eigenvalue weighted by Gasteiger charge is 2.50. The average molecular weight is 636 g/mol. The summed E-state index contributed by atoms with van der Waals surface area (Å²) < 4.78 is 73.9. The fraction of sp³-hybridized carbons (Fsp3) is 0.588. The highest BCUT2D eigenvalue weighted by Crippen LogP contribution is 2.68. The fourth-order valence-electron chi connectivity index (χ4n) is 6.10. The van der Waals surface area contributed by atoms with Crippen molar-refractivity contribution >= 4 is 19.0 Å². The van der Waals surface area contributed by atoms with Crippen LogP contribution in [0, 0.1) is 0 Å². The molecule has 0 spiro atoms. The van der Waals surface area contributed by atoms with Crippen LogP contribution in [0.5, 0.6) is 5.75 Å². The standard InChI is InChI=1S/C34H45F3NO5P/c1-23-38-33(21-42-23,22-43-44(40,31(2,3)4)32(5,6)7)17-16-25-11-15-30(28(20-25)34(35,36)37)41-18-8-9-24-10-13-27-26(19-24)12-14-29(27)39/h10-11,13,15,19-20H,8-9,12,14,16-18,21-22H2,1-7H3. The number of alkyl halides is 3. The molecule has 0 fully saturated rings. The van der Waals surface area contributed by atoms with E-state index in [2.05, 4.69) is 4.99 Å². The van der Waals surface area contributed by atoms with Gasteiger partial charge in [0, 0.05) is 29.2 Å². The van der Waals surface area contributed by atoms with E-state index >= 15 is 0 Å². The van der Waals surface area contributed by atoms with Crippen LogP contribution < -0.4 is 4.74 Å². The third-order valence-corrected chi connectivity index (χ3v) is 12.4. The number of ketones is 1. The van der Waals surface area contributed by atoms with E-state index in [1.54, 1.807) is 13.0 Å². The first kappa shape index (κ1) is 34.2. The van der Waals surface area contributed by atoms with E-state index in [9.17, 15) is 22.5 Å². The summed E-state index contributed by atoms with van der Waals surface area (Å²) in [6.07, 6.45) is -1.48. The maximum absolute atomic E-state index is 14.1. The van der Waals surface area contributed by atoms with Crippen LogP contribution in [0.15, 0.2) is 41.4 Å². The Kier molecular flexibility index (Phi) is 9.83. The maximum Gasteiger partial charge on any atom is 0.419 e. The van der Waals surface area contributed by atoms with Crippen molar-refractivity contribution in [3.8, 4) is 5.75 Å². The van der Waals surface area contributed by atoms with Gasteiger partial charge in [-0.3, -0.25) is 9.36 Å². The second kappa shape index (κ2) is 12.6. The SMILES string of the molecule is CC1=NC(CCc2ccc(OCCCc3ccc4c(c3)CCC4=O)c(C(F)(F)F)c2)(COP(=O)(C(C)(C)C)C(C)(C)C)CO1. The molecule has 1 aliphatic carbocycles. The number of halogens is 3. The Labute approximate surface area is 259 Å². The fourth-order valence-corrected chi connectivity index (χ4v) is 9.31. The van der Waals surface area contributed by atoms with Crippen molar-refractivity contribution in [3.05, 3.63) is 64.2 Å². The van der Waals surface area contributed by atoms with Crippen LogP contribution >= 0.6 is 7.37 Å². The molecule has 0 N–H and O–H groups in total. The van der Waals surface area contributed by atoms with Gasteiger partial charge in [-0.25, -0.2) is 4.99 Å². The van der Waals surface area contributed by atoms with Crippen molar-refractivity contribution in [1.82, 2.24) is 0 Å². The summed E-state index contributed by atoms with van der Waals surface area (Å²) in [5, 5.41) is -1.21. The number of fused-ring (bicyclic) bond motifs is 1. The molecule has 1 aliphatic heterocycles. The van der Waals surface area contributed by atoms with Crippen LogP contribution in [-0.2, 0) is 39.3 Å². The van der Waals surface area contributed by atoms with Crippen LogP contribution in [0.2, 0.25) is 0 Å². The van der Waals surface area contributed by atoms with Crippen molar-refractivity contribution < 1.29 is 36.5 Å². The van der Waals surface area contributed by atoms with E-state index in [4.69, 9.17) is 14.0 Å². The van der Waals surface area contributed by atoms with E-state index < -0.39 is 35.0 Å². The Bertz CT molecular complexity index is 1440. The quantitative estimate of drug-likeness (QED) is 0.182. The van der Waals surface area contributed by atoms with Crippen LogP contribution in [0.4, 0.5) is 13.2 Å². The van der Waals surface area contributed by atoms with Gasteiger partial charge in [-0.05, 0) is 60.9 Å². The molecule has 0 amide bonds. The Morgan fingerprint density at radius 3 is 2.23 bits per heavy atom. The minimum absolute atomic E-state index is 0.0456.